The van der Waals surface area contributed by atoms with Gasteiger partial charge in [-0.05, 0) is 30.2 Å². The summed E-state index contributed by atoms with van der Waals surface area (Å²) in [5.41, 5.74) is 0.647. The van der Waals surface area contributed by atoms with Crippen molar-refractivity contribution in [3.8, 4) is 0 Å². The molecule has 23 heavy (non-hydrogen) atoms. The third-order valence-electron chi connectivity index (χ3n) is 4.06. The molecule has 4 rings (SSSR count). The Balaban J connectivity index is 1.83. The van der Waals surface area contributed by atoms with Gasteiger partial charge in [0, 0.05) is 11.9 Å². The Morgan fingerprint density at radius 2 is 1.96 bits per heavy atom. The predicted octanol–water partition coefficient (Wildman–Crippen LogP) is 3.14. The van der Waals surface area contributed by atoms with Crippen molar-refractivity contribution in [1.29, 1.82) is 0 Å². The summed E-state index contributed by atoms with van der Waals surface area (Å²) < 4.78 is 19.3. The van der Waals surface area contributed by atoms with Gasteiger partial charge in [-0.1, -0.05) is 30.3 Å². The van der Waals surface area contributed by atoms with Crippen molar-refractivity contribution in [2.45, 2.75) is 6.42 Å². The topological polar surface area (TPSA) is 50.5 Å². The first kappa shape index (κ1) is 13.7. The van der Waals surface area contributed by atoms with Crippen molar-refractivity contribution in [2.75, 3.05) is 11.4 Å². The zero-order valence-corrected chi connectivity index (χ0v) is 12.1. The van der Waals surface area contributed by atoms with Crippen LogP contribution in [-0.4, -0.2) is 12.5 Å². The lowest BCUT2D eigenvalue weighted by Crippen LogP contribution is -2.33. The first-order valence-electron chi connectivity index (χ1n) is 7.27. The fourth-order valence-electron chi connectivity index (χ4n) is 2.97. The Morgan fingerprint density at radius 3 is 2.83 bits per heavy atom. The van der Waals surface area contributed by atoms with E-state index in [4.69, 9.17) is 4.42 Å². The average Bonchev–Trinajstić information content (AvgIpc) is 2.99. The van der Waals surface area contributed by atoms with Gasteiger partial charge in [0.25, 0.3) is 5.91 Å². The van der Waals surface area contributed by atoms with Crippen molar-refractivity contribution in [3.63, 3.8) is 0 Å². The highest BCUT2D eigenvalue weighted by atomic mass is 19.1. The molecular formula is C18H12FNO3. The van der Waals surface area contributed by atoms with Gasteiger partial charge in [-0.25, -0.2) is 9.18 Å². The predicted molar refractivity (Wildman–Crippen MR) is 84.3 cm³/mol. The van der Waals surface area contributed by atoms with E-state index in [0.29, 0.717) is 23.9 Å². The van der Waals surface area contributed by atoms with Crippen LogP contribution in [0.25, 0.3) is 11.0 Å². The number of nitrogens with zero attached hydrogens (tertiary/aromatic N) is 1. The molecule has 0 aliphatic carbocycles. The molecule has 0 radical (unpaired) electrons. The maximum Gasteiger partial charge on any atom is 0.349 e. The molecule has 0 spiro atoms. The quantitative estimate of drug-likeness (QED) is 0.649. The van der Waals surface area contributed by atoms with Crippen LogP contribution in [0.1, 0.15) is 15.9 Å². The third-order valence-corrected chi connectivity index (χ3v) is 4.06. The number of hydrogen-bond acceptors (Lipinski definition) is 3. The number of fused-ring (bicyclic) bond motifs is 2. The number of rotatable bonds is 1. The van der Waals surface area contributed by atoms with Gasteiger partial charge in [0.05, 0.1) is 5.69 Å². The second-order valence-electron chi connectivity index (χ2n) is 5.44. The molecule has 1 aliphatic heterocycles. The molecule has 2 heterocycles. The van der Waals surface area contributed by atoms with Crippen LogP contribution < -0.4 is 10.5 Å². The molecule has 1 aliphatic rings. The maximum atomic E-state index is 14.1. The normalized spacial score (nSPS) is 13.3. The van der Waals surface area contributed by atoms with Crippen molar-refractivity contribution in [2.24, 2.45) is 0 Å². The summed E-state index contributed by atoms with van der Waals surface area (Å²) in [6.45, 7) is 0.349. The summed E-state index contributed by atoms with van der Waals surface area (Å²) in [7, 11) is 0. The van der Waals surface area contributed by atoms with E-state index in [2.05, 4.69) is 0 Å². The fourth-order valence-corrected chi connectivity index (χ4v) is 2.97. The molecule has 0 atom stereocenters. The van der Waals surface area contributed by atoms with Crippen LogP contribution in [0.4, 0.5) is 10.1 Å². The summed E-state index contributed by atoms with van der Waals surface area (Å²) >= 11 is 0. The first-order valence-corrected chi connectivity index (χ1v) is 7.27. The zero-order valence-electron chi connectivity index (χ0n) is 12.1. The Bertz CT molecular complexity index is 993. The van der Waals surface area contributed by atoms with Gasteiger partial charge in [0.1, 0.15) is 17.0 Å². The maximum absolute atomic E-state index is 14.1. The van der Waals surface area contributed by atoms with Crippen LogP contribution in [0, 0.1) is 5.82 Å². The largest absolute Gasteiger partial charge is 0.422 e. The number of amides is 1. The molecule has 5 heteroatoms. The highest BCUT2D eigenvalue weighted by molar-refractivity contribution is 6.08. The van der Waals surface area contributed by atoms with E-state index in [1.807, 2.05) is 0 Å². The van der Waals surface area contributed by atoms with Crippen LogP contribution in [0.2, 0.25) is 0 Å². The molecule has 0 bridgehead atoms. The van der Waals surface area contributed by atoms with E-state index in [-0.39, 0.29) is 11.3 Å². The average molecular weight is 309 g/mol. The molecule has 114 valence electrons. The second kappa shape index (κ2) is 5.05. The van der Waals surface area contributed by atoms with Crippen molar-refractivity contribution < 1.29 is 13.6 Å². The van der Waals surface area contributed by atoms with Gasteiger partial charge in [-0.3, -0.25) is 4.79 Å². The number of anilines is 1. The Kier molecular flexibility index (Phi) is 3.01. The number of halogens is 1. The van der Waals surface area contributed by atoms with Crippen LogP contribution in [-0.2, 0) is 6.42 Å². The summed E-state index contributed by atoms with van der Waals surface area (Å²) in [6, 6.07) is 13.2. The summed E-state index contributed by atoms with van der Waals surface area (Å²) in [5.74, 6) is -0.994. The molecule has 1 aromatic heterocycles. The number of para-hydroxylation sites is 2. The standard InChI is InChI=1S/C18H12FNO3/c19-14-6-3-5-11-8-9-20(16(11)14)17(21)13-10-12-4-1-2-7-15(12)23-18(13)22/h1-7,10H,8-9H2. The van der Waals surface area contributed by atoms with Gasteiger partial charge in [-0.2, -0.15) is 0 Å². The minimum absolute atomic E-state index is 0.0835. The van der Waals surface area contributed by atoms with Gasteiger partial charge in [0.2, 0.25) is 0 Å². The number of hydrogen-bond donors (Lipinski definition) is 0. The van der Waals surface area contributed by atoms with Gasteiger partial charge < -0.3 is 9.32 Å². The van der Waals surface area contributed by atoms with E-state index >= 15 is 0 Å². The van der Waals surface area contributed by atoms with Crippen LogP contribution in [0.5, 0.6) is 0 Å². The zero-order chi connectivity index (χ0) is 16.0. The van der Waals surface area contributed by atoms with Crippen molar-refractivity contribution in [3.05, 3.63) is 75.9 Å². The molecule has 0 fully saturated rings. The van der Waals surface area contributed by atoms with E-state index in [9.17, 15) is 14.0 Å². The Labute approximate surface area is 130 Å². The molecule has 3 aromatic rings. The monoisotopic (exact) mass is 309 g/mol. The minimum Gasteiger partial charge on any atom is -0.422 e. The highest BCUT2D eigenvalue weighted by Gasteiger charge is 2.30. The molecule has 1 amide bonds. The van der Waals surface area contributed by atoms with E-state index < -0.39 is 17.3 Å². The Morgan fingerprint density at radius 1 is 1.13 bits per heavy atom. The van der Waals surface area contributed by atoms with Crippen molar-refractivity contribution >= 4 is 22.6 Å². The molecule has 0 saturated carbocycles. The lowest BCUT2D eigenvalue weighted by molar-refractivity contribution is 0.0985. The molecule has 0 N–H and O–H groups in total. The van der Waals surface area contributed by atoms with Crippen molar-refractivity contribution in [1.82, 2.24) is 0 Å². The molecule has 4 nitrogen and oxygen atoms in total. The fraction of sp³-hybridized carbons (Fsp3) is 0.111. The third kappa shape index (κ3) is 2.12. The summed E-state index contributed by atoms with van der Waals surface area (Å²) in [4.78, 5) is 26.2. The number of benzene rings is 2. The lowest BCUT2D eigenvalue weighted by Gasteiger charge is -2.17. The minimum atomic E-state index is -0.710. The molecule has 0 saturated heterocycles. The summed E-state index contributed by atoms with van der Waals surface area (Å²) in [5, 5.41) is 0.656. The smallest absolute Gasteiger partial charge is 0.349 e. The van der Waals surface area contributed by atoms with Crippen LogP contribution in [0.3, 0.4) is 0 Å². The SMILES string of the molecule is O=C(c1cc2ccccc2oc1=O)N1CCc2cccc(F)c21. The van der Waals surface area contributed by atoms with Gasteiger partial charge >= 0.3 is 5.63 Å². The molecular weight excluding hydrogens is 297 g/mol. The van der Waals surface area contributed by atoms with E-state index in [1.165, 1.54) is 17.0 Å². The van der Waals surface area contributed by atoms with Crippen LogP contribution >= 0.6 is 0 Å². The lowest BCUT2D eigenvalue weighted by atomic mass is 10.1. The molecule has 0 unspecified atom stereocenters. The first-order chi connectivity index (χ1) is 11.1. The summed E-state index contributed by atoms with van der Waals surface area (Å²) in [6.07, 6.45) is 0.567. The van der Waals surface area contributed by atoms with Crippen LogP contribution in [0.15, 0.2) is 57.7 Å². The van der Waals surface area contributed by atoms with Gasteiger partial charge in [-0.15, -0.1) is 0 Å². The number of carbonyl (C=O) groups is 1. The molecule has 2 aromatic carbocycles. The highest BCUT2D eigenvalue weighted by Crippen LogP contribution is 2.31. The number of carbonyl (C=O) groups excluding carboxylic acids is 1. The van der Waals surface area contributed by atoms with E-state index in [1.54, 1.807) is 36.4 Å². The van der Waals surface area contributed by atoms with Gasteiger partial charge in [0.15, 0.2) is 0 Å². The van der Waals surface area contributed by atoms with E-state index in [0.717, 1.165) is 5.56 Å². The second-order valence-corrected chi connectivity index (χ2v) is 5.44. The Hall–Kier alpha value is -2.95.